The molecule has 1 aliphatic heterocycles. The zero-order valence-electron chi connectivity index (χ0n) is 10.6. The molecule has 1 fully saturated rings. The van der Waals surface area contributed by atoms with Crippen molar-refractivity contribution in [3.63, 3.8) is 0 Å². The fourth-order valence-electron chi connectivity index (χ4n) is 2.18. The summed E-state index contributed by atoms with van der Waals surface area (Å²) in [6, 6.07) is -0.00105. The number of carbonyl (C=O) groups is 1. The van der Waals surface area contributed by atoms with Crippen LogP contribution in [0.15, 0.2) is 12.4 Å². The first-order valence-corrected chi connectivity index (χ1v) is 6.71. The van der Waals surface area contributed by atoms with Crippen molar-refractivity contribution in [2.45, 2.75) is 44.7 Å². The van der Waals surface area contributed by atoms with Gasteiger partial charge in [-0.2, -0.15) is 0 Å². The summed E-state index contributed by atoms with van der Waals surface area (Å²) in [7, 11) is 0. The molecular weight excluding hydrogens is 230 g/mol. The fraction of sp³-hybridized carbons (Fsp3) is 0.750. The van der Waals surface area contributed by atoms with E-state index in [0.717, 1.165) is 32.4 Å². The Labute approximate surface area is 107 Å². The molecule has 1 aliphatic rings. The van der Waals surface area contributed by atoms with Crippen LogP contribution in [0.3, 0.4) is 0 Å². The molecule has 0 bridgehead atoms. The van der Waals surface area contributed by atoms with E-state index in [1.165, 1.54) is 12.8 Å². The van der Waals surface area contributed by atoms with Crippen molar-refractivity contribution in [3.8, 4) is 0 Å². The molecular formula is C12H21N5O. The topological polar surface area (TPSA) is 71.8 Å². The average molecular weight is 251 g/mol. The third-order valence-electron chi connectivity index (χ3n) is 3.21. The van der Waals surface area contributed by atoms with Crippen LogP contribution in [-0.2, 0) is 11.3 Å². The van der Waals surface area contributed by atoms with Crippen LogP contribution in [0.5, 0.6) is 0 Å². The van der Waals surface area contributed by atoms with Gasteiger partial charge < -0.3 is 10.6 Å². The molecule has 2 N–H and O–H groups in total. The van der Waals surface area contributed by atoms with E-state index in [1.54, 1.807) is 10.9 Å². The predicted octanol–water partition coefficient (Wildman–Crippen LogP) is 0.317. The third kappa shape index (κ3) is 4.10. The zero-order chi connectivity index (χ0) is 12.6. The molecule has 0 saturated carbocycles. The van der Waals surface area contributed by atoms with E-state index in [4.69, 9.17) is 0 Å². The second-order valence-corrected chi connectivity index (χ2v) is 4.67. The number of hydrogen-bond donors (Lipinski definition) is 2. The average Bonchev–Trinajstić information content (AvgIpc) is 2.74. The quantitative estimate of drug-likeness (QED) is 0.739. The van der Waals surface area contributed by atoms with E-state index >= 15 is 0 Å². The Kier molecular flexibility index (Phi) is 5.14. The van der Waals surface area contributed by atoms with Gasteiger partial charge in [0.15, 0.2) is 0 Å². The van der Waals surface area contributed by atoms with Crippen molar-refractivity contribution in [1.82, 2.24) is 25.6 Å². The van der Waals surface area contributed by atoms with Gasteiger partial charge in [-0.05, 0) is 25.8 Å². The minimum atomic E-state index is -0.00105. The molecule has 1 saturated heterocycles. The first-order valence-electron chi connectivity index (χ1n) is 6.71. The summed E-state index contributed by atoms with van der Waals surface area (Å²) in [6.07, 6.45) is 8.86. The highest BCUT2D eigenvalue weighted by atomic mass is 16.2. The maximum Gasteiger partial charge on any atom is 0.237 e. The van der Waals surface area contributed by atoms with Gasteiger partial charge in [-0.15, -0.1) is 5.10 Å². The van der Waals surface area contributed by atoms with Gasteiger partial charge in [0, 0.05) is 19.3 Å². The molecule has 100 valence electrons. The lowest BCUT2D eigenvalue weighted by Gasteiger charge is -2.15. The van der Waals surface area contributed by atoms with E-state index in [2.05, 4.69) is 20.9 Å². The number of nitrogens with zero attached hydrogens (tertiary/aromatic N) is 3. The van der Waals surface area contributed by atoms with Gasteiger partial charge >= 0.3 is 0 Å². The van der Waals surface area contributed by atoms with Gasteiger partial charge in [-0.25, -0.2) is 0 Å². The second-order valence-electron chi connectivity index (χ2n) is 4.67. The number of rotatable bonds is 5. The van der Waals surface area contributed by atoms with Crippen LogP contribution in [0, 0.1) is 0 Å². The molecule has 0 spiro atoms. The molecule has 1 amide bonds. The highest BCUT2D eigenvalue weighted by molar-refractivity contribution is 5.81. The smallest absolute Gasteiger partial charge is 0.237 e. The maximum atomic E-state index is 11.9. The molecule has 2 heterocycles. The molecule has 0 aliphatic carbocycles. The van der Waals surface area contributed by atoms with Gasteiger partial charge in [0.1, 0.15) is 0 Å². The first kappa shape index (κ1) is 13.0. The summed E-state index contributed by atoms with van der Waals surface area (Å²) in [5.74, 6) is 0.135. The first-order chi connectivity index (χ1) is 8.86. The van der Waals surface area contributed by atoms with E-state index in [1.807, 2.05) is 6.20 Å². The summed E-state index contributed by atoms with van der Waals surface area (Å²) in [5.41, 5.74) is 0. The minimum Gasteiger partial charge on any atom is -0.355 e. The van der Waals surface area contributed by atoms with E-state index < -0.39 is 0 Å². The van der Waals surface area contributed by atoms with Crippen molar-refractivity contribution in [3.05, 3.63) is 12.4 Å². The maximum absolute atomic E-state index is 11.9. The molecule has 2 rings (SSSR count). The van der Waals surface area contributed by atoms with Gasteiger partial charge in [0.05, 0.1) is 12.2 Å². The Morgan fingerprint density at radius 1 is 1.44 bits per heavy atom. The monoisotopic (exact) mass is 251 g/mol. The van der Waals surface area contributed by atoms with Gasteiger partial charge in [-0.3, -0.25) is 9.48 Å². The molecule has 6 heteroatoms. The normalized spacial score (nSPS) is 20.3. The number of nitrogens with one attached hydrogen (secondary N) is 2. The molecule has 0 aromatic carbocycles. The Morgan fingerprint density at radius 3 is 3.22 bits per heavy atom. The molecule has 1 atom stereocenters. The number of aromatic nitrogens is 3. The minimum absolute atomic E-state index is 0.00105. The van der Waals surface area contributed by atoms with Crippen LogP contribution in [0.2, 0.25) is 0 Å². The van der Waals surface area contributed by atoms with E-state index in [9.17, 15) is 4.79 Å². The second kappa shape index (κ2) is 7.10. The highest BCUT2D eigenvalue weighted by Gasteiger charge is 2.18. The Bertz CT molecular complexity index is 343. The Balaban J connectivity index is 1.61. The van der Waals surface area contributed by atoms with Crippen molar-refractivity contribution in [2.24, 2.45) is 0 Å². The highest BCUT2D eigenvalue weighted by Crippen LogP contribution is 2.08. The van der Waals surface area contributed by atoms with Crippen LogP contribution in [0.1, 0.15) is 32.1 Å². The predicted molar refractivity (Wildman–Crippen MR) is 67.9 cm³/mol. The lowest BCUT2D eigenvalue weighted by atomic mass is 10.1. The van der Waals surface area contributed by atoms with Crippen LogP contribution in [-0.4, -0.2) is 40.0 Å². The fourth-order valence-corrected chi connectivity index (χ4v) is 2.18. The van der Waals surface area contributed by atoms with Crippen LogP contribution in [0.4, 0.5) is 0 Å². The summed E-state index contributed by atoms with van der Waals surface area (Å²) in [5, 5.41) is 13.9. The zero-order valence-corrected chi connectivity index (χ0v) is 10.6. The Morgan fingerprint density at radius 2 is 2.39 bits per heavy atom. The molecule has 0 radical (unpaired) electrons. The Hall–Kier alpha value is -1.43. The van der Waals surface area contributed by atoms with Gasteiger partial charge in [0.25, 0.3) is 0 Å². The SMILES string of the molecule is O=C(NCCCn1ccnn1)C1CCCCCN1. The third-order valence-corrected chi connectivity index (χ3v) is 3.21. The molecule has 1 aromatic rings. The molecule has 6 nitrogen and oxygen atoms in total. The largest absolute Gasteiger partial charge is 0.355 e. The van der Waals surface area contributed by atoms with Crippen molar-refractivity contribution < 1.29 is 4.79 Å². The summed E-state index contributed by atoms with van der Waals surface area (Å²) >= 11 is 0. The van der Waals surface area contributed by atoms with Crippen LogP contribution >= 0.6 is 0 Å². The van der Waals surface area contributed by atoms with Gasteiger partial charge in [-0.1, -0.05) is 18.1 Å². The summed E-state index contributed by atoms with van der Waals surface area (Å²) < 4.78 is 1.77. The van der Waals surface area contributed by atoms with E-state index in [0.29, 0.717) is 6.54 Å². The molecule has 18 heavy (non-hydrogen) atoms. The standard InChI is InChI=1S/C12H21N5O/c18-12(11-5-2-1-3-6-13-11)14-7-4-9-17-10-8-15-16-17/h8,10-11,13H,1-7,9H2,(H,14,18). The molecule has 1 unspecified atom stereocenters. The number of amides is 1. The van der Waals surface area contributed by atoms with Crippen LogP contribution in [0.25, 0.3) is 0 Å². The molecule has 1 aromatic heterocycles. The summed E-state index contributed by atoms with van der Waals surface area (Å²) in [4.78, 5) is 11.9. The number of aryl methyl sites for hydroxylation is 1. The number of hydrogen-bond acceptors (Lipinski definition) is 4. The van der Waals surface area contributed by atoms with Crippen molar-refractivity contribution in [1.29, 1.82) is 0 Å². The lowest BCUT2D eigenvalue weighted by Crippen LogP contribution is -2.44. The van der Waals surface area contributed by atoms with Crippen LogP contribution < -0.4 is 10.6 Å². The van der Waals surface area contributed by atoms with E-state index in [-0.39, 0.29) is 11.9 Å². The van der Waals surface area contributed by atoms with Crippen molar-refractivity contribution in [2.75, 3.05) is 13.1 Å². The van der Waals surface area contributed by atoms with Gasteiger partial charge in [0.2, 0.25) is 5.91 Å². The summed E-state index contributed by atoms with van der Waals surface area (Å²) in [6.45, 7) is 2.44. The number of carbonyl (C=O) groups excluding carboxylic acids is 1. The van der Waals surface area contributed by atoms with Crippen molar-refractivity contribution >= 4 is 5.91 Å². The lowest BCUT2D eigenvalue weighted by molar-refractivity contribution is -0.123.